The highest BCUT2D eigenvalue weighted by molar-refractivity contribution is 6.30. The quantitative estimate of drug-likeness (QED) is 0.895. The molecule has 19 heavy (non-hydrogen) atoms. The molecule has 1 aromatic carbocycles. The van der Waals surface area contributed by atoms with Crippen LogP contribution in [0.15, 0.2) is 18.2 Å². The van der Waals surface area contributed by atoms with E-state index in [9.17, 15) is 14.0 Å². The van der Waals surface area contributed by atoms with Crippen molar-refractivity contribution in [1.29, 1.82) is 0 Å². The first-order chi connectivity index (χ1) is 8.86. The summed E-state index contributed by atoms with van der Waals surface area (Å²) in [7, 11) is 1.36. The predicted molar refractivity (Wildman–Crippen MR) is 69.9 cm³/mol. The number of carboxylic acid groups (broad SMARTS) is 1. The van der Waals surface area contributed by atoms with Gasteiger partial charge in [-0.3, -0.25) is 0 Å². The van der Waals surface area contributed by atoms with Crippen LogP contribution < -0.4 is 5.32 Å². The molecule has 0 fully saturated rings. The predicted octanol–water partition coefficient (Wildman–Crippen LogP) is 2.81. The van der Waals surface area contributed by atoms with Crippen LogP contribution in [0.5, 0.6) is 0 Å². The van der Waals surface area contributed by atoms with Gasteiger partial charge in [-0.1, -0.05) is 18.5 Å². The van der Waals surface area contributed by atoms with Crippen LogP contribution in [0.25, 0.3) is 0 Å². The lowest BCUT2D eigenvalue weighted by molar-refractivity contribution is -0.141. The van der Waals surface area contributed by atoms with Crippen molar-refractivity contribution in [3.8, 4) is 0 Å². The van der Waals surface area contributed by atoms with Crippen molar-refractivity contribution < 1.29 is 19.1 Å². The van der Waals surface area contributed by atoms with Crippen LogP contribution in [-0.2, 0) is 4.79 Å². The van der Waals surface area contributed by atoms with Gasteiger partial charge in [-0.15, -0.1) is 0 Å². The Morgan fingerprint density at radius 2 is 2.16 bits per heavy atom. The Kier molecular flexibility index (Phi) is 5.11. The van der Waals surface area contributed by atoms with Crippen molar-refractivity contribution in [2.45, 2.75) is 19.4 Å². The molecule has 0 saturated heterocycles. The number of carbonyl (C=O) groups is 2. The zero-order valence-corrected chi connectivity index (χ0v) is 11.2. The third-order valence-electron chi connectivity index (χ3n) is 2.63. The van der Waals surface area contributed by atoms with Gasteiger partial charge in [0.1, 0.15) is 11.9 Å². The third-order valence-corrected chi connectivity index (χ3v) is 2.94. The second kappa shape index (κ2) is 6.38. The van der Waals surface area contributed by atoms with Crippen LogP contribution in [0.2, 0.25) is 5.02 Å². The van der Waals surface area contributed by atoms with E-state index in [1.54, 1.807) is 6.92 Å². The number of anilines is 1. The summed E-state index contributed by atoms with van der Waals surface area (Å²) in [6.45, 7) is 1.66. The van der Waals surface area contributed by atoms with Crippen LogP contribution >= 0.6 is 11.6 Å². The fourth-order valence-electron chi connectivity index (χ4n) is 1.54. The van der Waals surface area contributed by atoms with E-state index in [1.165, 1.54) is 19.2 Å². The molecule has 0 aliphatic heterocycles. The maximum atomic E-state index is 13.2. The van der Waals surface area contributed by atoms with E-state index in [-0.39, 0.29) is 17.1 Å². The van der Waals surface area contributed by atoms with Crippen LogP contribution in [-0.4, -0.2) is 35.1 Å². The number of carbonyl (C=O) groups excluding carboxylic acids is 1. The molecule has 2 N–H and O–H groups in total. The van der Waals surface area contributed by atoms with E-state index in [0.717, 1.165) is 11.0 Å². The molecule has 0 aromatic heterocycles. The molecule has 0 aliphatic carbocycles. The molecule has 0 saturated carbocycles. The largest absolute Gasteiger partial charge is 0.480 e. The van der Waals surface area contributed by atoms with E-state index >= 15 is 0 Å². The fraction of sp³-hybridized carbons (Fsp3) is 0.333. The lowest BCUT2D eigenvalue weighted by Gasteiger charge is -2.24. The Balaban J connectivity index is 2.78. The normalized spacial score (nSPS) is 11.8. The Bertz CT molecular complexity index is 496. The second-order valence-electron chi connectivity index (χ2n) is 3.93. The van der Waals surface area contributed by atoms with Crippen molar-refractivity contribution in [2.75, 3.05) is 12.4 Å². The summed E-state index contributed by atoms with van der Waals surface area (Å²) >= 11 is 5.52. The second-order valence-corrected chi connectivity index (χ2v) is 4.34. The van der Waals surface area contributed by atoms with Gasteiger partial charge in [0.2, 0.25) is 0 Å². The first kappa shape index (κ1) is 15.2. The molecule has 0 bridgehead atoms. The van der Waals surface area contributed by atoms with Gasteiger partial charge in [0.15, 0.2) is 0 Å². The minimum Gasteiger partial charge on any atom is -0.480 e. The molecule has 5 nitrogen and oxygen atoms in total. The molecule has 0 heterocycles. The molecule has 7 heteroatoms. The molecular formula is C12H14ClFN2O3. The molecular weight excluding hydrogens is 275 g/mol. The maximum absolute atomic E-state index is 13.2. The Morgan fingerprint density at radius 1 is 1.53 bits per heavy atom. The molecule has 0 radical (unpaired) electrons. The maximum Gasteiger partial charge on any atom is 0.326 e. The molecule has 2 amide bonds. The minimum atomic E-state index is -1.09. The van der Waals surface area contributed by atoms with Gasteiger partial charge in [0.05, 0.1) is 5.02 Å². The highest BCUT2D eigenvalue weighted by Crippen LogP contribution is 2.19. The van der Waals surface area contributed by atoms with Gasteiger partial charge in [-0.05, 0) is 24.6 Å². The number of halogens is 2. The van der Waals surface area contributed by atoms with Gasteiger partial charge in [-0.2, -0.15) is 0 Å². The number of aliphatic carboxylic acids is 1. The number of amides is 2. The summed E-state index contributed by atoms with van der Waals surface area (Å²) in [6.07, 6.45) is 0.272. The molecule has 0 spiro atoms. The Labute approximate surface area is 115 Å². The molecule has 0 aliphatic rings. The van der Waals surface area contributed by atoms with E-state index < -0.39 is 23.9 Å². The summed E-state index contributed by atoms with van der Waals surface area (Å²) in [5.41, 5.74) is 0.207. The minimum absolute atomic E-state index is 0.0525. The van der Waals surface area contributed by atoms with Gasteiger partial charge in [-0.25, -0.2) is 14.0 Å². The highest BCUT2D eigenvalue weighted by atomic mass is 35.5. The lowest BCUT2D eigenvalue weighted by Crippen LogP contribution is -2.44. The Hall–Kier alpha value is -1.82. The zero-order valence-electron chi connectivity index (χ0n) is 10.5. The smallest absolute Gasteiger partial charge is 0.326 e. The molecule has 1 aromatic rings. The van der Waals surface area contributed by atoms with E-state index in [2.05, 4.69) is 5.32 Å². The third kappa shape index (κ3) is 3.82. The van der Waals surface area contributed by atoms with Crippen molar-refractivity contribution in [3.63, 3.8) is 0 Å². The van der Waals surface area contributed by atoms with Crippen molar-refractivity contribution in [2.24, 2.45) is 0 Å². The summed E-state index contributed by atoms with van der Waals surface area (Å²) in [6, 6.07) is 2.24. The van der Waals surface area contributed by atoms with Gasteiger partial charge in [0, 0.05) is 12.7 Å². The summed E-state index contributed by atoms with van der Waals surface area (Å²) < 4.78 is 13.2. The van der Waals surface area contributed by atoms with E-state index in [4.69, 9.17) is 16.7 Å². The first-order valence-corrected chi connectivity index (χ1v) is 5.96. The fourth-order valence-corrected chi connectivity index (χ4v) is 1.66. The van der Waals surface area contributed by atoms with Crippen molar-refractivity contribution >= 4 is 29.3 Å². The van der Waals surface area contributed by atoms with Gasteiger partial charge in [0.25, 0.3) is 0 Å². The number of hydrogen-bond acceptors (Lipinski definition) is 2. The van der Waals surface area contributed by atoms with Crippen LogP contribution in [0.1, 0.15) is 13.3 Å². The molecule has 104 valence electrons. The number of carboxylic acids is 1. The number of likely N-dealkylation sites (N-methyl/N-ethyl adjacent to an activating group) is 1. The summed E-state index contributed by atoms with van der Waals surface area (Å²) in [5, 5.41) is 11.3. The highest BCUT2D eigenvalue weighted by Gasteiger charge is 2.24. The number of hydrogen-bond donors (Lipinski definition) is 2. The summed E-state index contributed by atoms with van der Waals surface area (Å²) in [5.74, 6) is -1.75. The lowest BCUT2D eigenvalue weighted by atomic mass is 10.2. The SMILES string of the molecule is CCC(C(=O)O)N(C)C(=O)Nc1ccc(Cl)c(F)c1. The Morgan fingerprint density at radius 3 is 2.63 bits per heavy atom. The average Bonchev–Trinajstić information content (AvgIpc) is 2.34. The molecule has 1 unspecified atom stereocenters. The zero-order chi connectivity index (χ0) is 14.6. The number of nitrogens with zero attached hydrogens (tertiary/aromatic N) is 1. The number of rotatable bonds is 4. The standard InChI is InChI=1S/C12H14ClFN2O3/c1-3-10(11(17)18)16(2)12(19)15-7-4-5-8(13)9(14)6-7/h4-6,10H,3H2,1-2H3,(H,15,19)(H,17,18). The van der Waals surface area contributed by atoms with E-state index in [1.807, 2.05) is 0 Å². The van der Waals surface area contributed by atoms with Gasteiger partial charge < -0.3 is 15.3 Å². The topological polar surface area (TPSA) is 69.6 Å². The number of benzene rings is 1. The van der Waals surface area contributed by atoms with Crippen LogP contribution in [0, 0.1) is 5.82 Å². The number of nitrogens with one attached hydrogen (secondary N) is 1. The van der Waals surface area contributed by atoms with Crippen LogP contribution in [0.3, 0.4) is 0 Å². The summed E-state index contributed by atoms with van der Waals surface area (Å²) in [4.78, 5) is 23.8. The van der Waals surface area contributed by atoms with Gasteiger partial charge >= 0.3 is 12.0 Å². The number of urea groups is 1. The average molecular weight is 289 g/mol. The first-order valence-electron chi connectivity index (χ1n) is 5.58. The molecule has 1 atom stereocenters. The molecule has 1 rings (SSSR count). The van der Waals surface area contributed by atoms with Crippen LogP contribution in [0.4, 0.5) is 14.9 Å². The monoisotopic (exact) mass is 288 g/mol. The van der Waals surface area contributed by atoms with Crippen molar-refractivity contribution in [3.05, 3.63) is 29.0 Å². The van der Waals surface area contributed by atoms with E-state index in [0.29, 0.717) is 0 Å². The van der Waals surface area contributed by atoms with Crippen molar-refractivity contribution in [1.82, 2.24) is 4.90 Å².